The minimum atomic E-state index is -0.895. The first-order valence-electron chi connectivity index (χ1n) is 11.8. The molecule has 0 spiro atoms. The van der Waals surface area contributed by atoms with Crippen molar-refractivity contribution in [2.24, 2.45) is 7.05 Å². The summed E-state index contributed by atoms with van der Waals surface area (Å²) in [6, 6.07) is 25.7. The van der Waals surface area contributed by atoms with E-state index in [4.69, 9.17) is 0 Å². The van der Waals surface area contributed by atoms with Gasteiger partial charge in [0.2, 0.25) is 11.8 Å². The molecule has 0 saturated carbocycles. The summed E-state index contributed by atoms with van der Waals surface area (Å²) in [6.45, 7) is 2.45. The summed E-state index contributed by atoms with van der Waals surface area (Å²) in [4.78, 5) is 33.2. The number of aromatic nitrogens is 2. The van der Waals surface area contributed by atoms with Crippen LogP contribution in [0, 0.1) is 0 Å². The molecular formula is C28H28N4O2S. The number of nitrogens with zero attached hydrogens (tertiary/aromatic N) is 3. The SMILES string of the molecule is Cn1c(SCC(=O)N2CCC[C@@]2(C)C(=O)Nc2ccccc2-c2ccccc2)nc2ccccc21. The number of imidazole rings is 1. The van der Waals surface area contributed by atoms with Gasteiger partial charge in [0.25, 0.3) is 0 Å². The normalized spacial score (nSPS) is 17.6. The Labute approximate surface area is 209 Å². The Morgan fingerprint density at radius 1 is 1.00 bits per heavy atom. The van der Waals surface area contributed by atoms with Crippen molar-refractivity contribution in [1.29, 1.82) is 0 Å². The largest absolute Gasteiger partial charge is 0.328 e. The monoisotopic (exact) mass is 484 g/mol. The molecule has 1 fully saturated rings. The highest BCUT2D eigenvalue weighted by atomic mass is 32.2. The molecule has 0 radical (unpaired) electrons. The van der Waals surface area contributed by atoms with E-state index in [1.807, 2.05) is 97.4 Å². The van der Waals surface area contributed by atoms with Crippen molar-refractivity contribution < 1.29 is 9.59 Å². The van der Waals surface area contributed by atoms with E-state index in [1.165, 1.54) is 11.8 Å². The fraction of sp³-hybridized carbons (Fsp3) is 0.250. The van der Waals surface area contributed by atoms with Gasteiger partial charge in [0, 0.05) is 24.8 Å². The number of aryl methyl sites for hydroxylation is 1. The van der Waals surface area contributed by atoms with Crippen molar-refractivity contribution in [3.05, 3.63) is 78.9 Å². The molecule has 7 heteroatoms. The summed E-state index contributed by atoms with van der Waals surface area (Å²) in [7, 11) is 1.96. The molecule has 35 heavy (non-hydrogen) atoms. The molecular weight excluding hydrogens is 456 g/mol. The first-order valence-corrected chi connectivity index (χ1v) is 12.8. The molecule has 2 amide bonds. The van der Waals surface area contributed by atoms with Crippen LogP contribution in [-0.2, 0) is 16.6 Å². The number of carbonyl (C=O) groups excluding carboxylic acids is 2. The second-order valence-corrected chi connectivity index (χ2v) is 9.96. The third-order valence-electron chi connectivity index (χ3n) is 6.76. The Hall–Kier alpha value is -3.58. The number of carbonyl (C=O) groups is 2. The number of likely N-dealkylation sites (tertiary alicyclic amines) is 1. The number of hydrogen-bond acceptors (Lipinski definition) is 4. The van der Waals surface area contributed by atoms with E-state index in [-0.39, 0.29) is 17.6 Å². The lowest BCUT2D eigenvalue weighted by Gasteiger charge is -2.34. The molecule has 178 valence electrons. The second kappa shape index (κ2) is 9.58. The van der Waals surface area contributed by atoms with Gasteiger partial charge in [-0.15, -0.1) is 0 Å². The van der Waals surface area contributed by atoms with Crippen molar-refractivity contribution >= 4 is 40.3 Å². The van der Waals surface area contributed by atoms with Gasteiger partial charge in [-0.05, 0) is 43.5 Å². The van der Waals surface area contributed by atoms with Gasteiger partial charge in [-0.1, -0.05) is 72.4 Å². The third kappa shape index (κ3) is 4.44. The summed E-state index contributed by atoms with van der Waals surface area (Å²) < 4.78 is 2.00. The molecule has 5 rings (SSSR count). The van der Waals surface area contributed by atoms with Crippen LogP contribution in [0.5, 0.6) is 0 Å². The minimum Gasteiger partial charge on any atom is -0.328 e. The fourth-order valence-electron chi connectivity index (χ4n) is 4.77. The number of fused-ring (bicyclic) bond motifs is 1. The Morgan fingerprint density at radius 2 is 1.71 bits per heavy atom. The number of thioether (sulfide) groups is 1. The first kappa shape index (κ1) is 23.2. The van der Waals surface area contributed by atoms with E-state index in [0.717, 1.165) is 39.4 Å². The van der Waals surface area contributed by atoms with Gasteiger partial charge < -0.3 is 14.8 Å². The van der Waals surface area contributed by atoms with Crippen LogP contribution in [0.1, 0.15) is 19.8 Å². The number of rotatable bonds is 6. The van der Waals surface area contributed by atoms with Gasteiger partial charge in [0.15, 0.2) is 5.16 Å². The van der Waals surface area contributed by atoms with Gasteiger partial charge in [0.1, 0.15) is 5.54 Å². The third-order valence-corrected chi connectivity index (χ3v) is 7.78. The number of benzene rings is 3. The number of anilines is 1. The van der Waals surface area contributed by atoms with Gasteiger partial charge in [0.05, 0.1) is 16.8 Å². The van der Waals surface area contributed by atoms with Crippen molar-refractivity contribution in [1.82, 2.24) is 14.5 Å². The maximum atomic E-state index is 13.6. The van der Waals surface area contributed by atoms with Crippen LogP contribution in [-0.4, -0.2) is 44.1 Å². The molecule has 2 heterocycles. The lowest BCUT2D eigenvalue weighted by molar-refractivity contribution is -0.139. The van der Waals surface area contributed by atoms with Crippen LogP contribution in [0.2, 0.25) is 0 Å². The van der Waals surface area contributed by atoms with Crippen LogP contribution in [0.25, 0.3) is 22.2 Å². The number of amides is 2. The summed E-state index contributed by atoms with van der Waals surface area (Å²) in [5, 5.41) is 3.91. The average molecular weight is 485 g/mol. The van der Waals surface area contributed by atoms with Crippen molar-refractivity contribution in [2.45, 2.75) is 30.5 Å². The highest BCUT2D eigenvalue weighted by Gasteiger charge is 2.45. The molecule has 1 aliphatic heterocycles. The van der Waals surface area contributed by atoms with Gasteiger partial charge in [-0.25, -0.2) is 4.98 Å². The molecule has 1 atom stereocenters. The summed E-state index contributed by atoms with van der Waals surface area (Å²) in [5.74, 6) is 0.0358. The average Bonchev–Trinajstić information content (AvgIpc) is 3.44. The predicted molar refractivity (Wildman–Crippen MR) is 141 cm³/mol. The highest BCUT2D eigenvalue weighted by molar-refractivity contribution is 7.99. The number of hydrogen-bond donors (Lipinski definition) is 1. The standard InChI is InChI=1S/C28H28N4O2S/c1-28(26(34)29-22-14-7-6-13-21(22)20-11-4-3-5-12-20)17-10-18-32(28)25(33)19-35-27-30-23-15-8-9-16-24(23)31(27)2/h3-9,11-16H,10,17-19H2,1-2H3,(H,29,34)/t28-/m0/s1. The van der Waals surface area contributed by atoms with Gasteiger partial charge in [-0.3, -0.25) is 9.59 Å². The zero-order valence-corrected chi connectivity index (χ0v) is 20.7. The van der Waals surface area contributed by atoms with E-state index in [9.17, 15) is 9.59 Å². The summed E-state index contributed by atoms with van der Waals surface area (Å²) in [6.07, 6.45) is 1.43. The number of para-hydroxylation sites is 3. The Balaban J connectivity index is 1.31. The maximum Gasteiger partial charge on any atom is 0.250 e. The molecule has 4 aromatic rings. The fourth-order valence-corrected chi connectivity index (χ4v) is 5.64. The molecule has 6 nitrogen and oxygen atoms in total. The molecule has 3 aromatic carbocycles. The van der Waals surface area contributed by atoms with Crippen LogP contribution >= 0.6 is 11.8 Å². The number of nitrogens with one attached hydrogen (secondary N) is 1. The smallest absolute Gasteiger partial charge is 0.250 e. The van der Waals surface area contributed by atoms with E-state index in [1.54, 1.807) is 4.90 Å². The lowest BCUT2D eigenvalue weighted by Crippen LogP contribution is -2.53. The molecule has 1 saturated heterocycles. The Morgan fingerprint density at radius 3 is 2.51 bits per heavy atom. The lowest BCUT2D eigenvalue weighted by atomic mass is 9.96. The molecule has 0 unspecified atom stereocenters. The minimum absolute atomic E-state index is 0.0476. The highest BCUT2D eigenvalue weighted by Crippen LogP contribution is 2.34. The quantitative estimate of drug-likeness (QED) is 0.375. The molecule has 0 aliphatic carbocycles. The molecule has 1 N–H and O–H groups in total. The topological polar surface area (TPSA) is 67.2 Å². The van der Waals surface area contributed by atoms with Crippen molar-refractivity contribution in [2.75, 3.05) is 17.6 Å². The Bertz CT molecular complexity index is 1380. The molecule has 1 aromatic heterocycles. The van der Waals surface area contributed by atoms with Crippen LogP contribution in [0.4, 0.5) is 5.69 Å². The molecule has 0 bridgehead atoms. The van der Waals surface area contributed by atoms with Crippen molar-refractivity contribution in [3.63, 3.8) is 0 Å². The van der Waals surface area contributed by atoms with E-state index >= 15 is 0 Å². The zero-order valence-electron chi connectivity index (χ0n) is 19.9. The maximum absolute atomic E-state index is 13.6. The van der Waals surface area contributed by atoms with E-state index in [2.05, 4.69) is 10.3 Å². The Kier molecular flexibility index (Phi) is 6.34. The summed E-state index contributed by atoms with van der Waals surface area (Å²) >= 11 is 1.41. The molecule has 1 aliphatic rings. The van der Waals surface area contributed by atoms with Crippen molar-refractivity contribution in [3.8, 4) is 11.1 Å². The van der Waals surface area contributed by atoms with E-state index in [0.29, 0.717) is 13.0 Å². The van der Waals surface area contributed by atoms with Gasteiger partial charge in [-0.2, -0.15) is 0 Å². The zero-order chi connectivity index (χ0) is 24.4. The van der Waals surface area contributed by atoms with Crippen LogP contribution in [0.3, 0.4) is 0 Å². The van der Waals surface area contributed by atoms with Crippen LogP contribution in [0.15, 0.2) is 84.0 Å². The second-order valence-electron chi connectivity index (χ2n) is 9.02. The summed E-state index contributed by atoms with van der Waals surface area (Å²) in [5.41, 5.74) is 3.79. The first-order chi connectivity index (χ1) is 17.0. The predicted octanol–water partition coefficient (Wildman–Crippen LogP) is 5.35. The van der Waals surface area contributed by atoms with Gasteiger partial charge >= 0.3 is 0 Å². The van der Waals surface area contributed by atoms with Crippen LogP contribution < -0.4 is 5.32 Å². The van der Waals surface area contributed by atoms with E-state index < -0.39 is 5.54 Å².